The van der Waals surface area contributed by atoms with Crippen molar-refractivity contribution >= 4 is 49.7 Å². The van der Waals surface area contributed by atoms with Crippen LogP contribution < -0.4 is 4.72 Å². The first-order valence-corrected chi connectivity index (χ1v) is 13.1. The van der Waals surface area contributed by atoms with Gasteiger partial charge in [0.2, 0.25) is 0 Å². The molecule has 0 saturated heterocycles. The molecule has 37 heavy (non-hydrogen) atoms. The maximum absolute atomic E-state index is 13.0. The molecule has 0 heterocycles. The molecule has 4 aromatic rings. The van der Waals surface area contributed by atoms with E-state index in [1.807, 2.05) is 12.2 Å². The van der Waals surface area contributed by atoms with Gasteiger partial charge in [-0.15, -0.1) is 10.2 Å². The first-order valence-electron chi connectivity index (χ1n) is 11.2. The van der Waals surface area contributed by atoms with Crippen LogP contribution in [0, 0.1) is 0 Å². The molecular formula is C27H20ClN3O5S. The molecule has 0 saturated carbocycles. The Balaban J connectivity index is 1.50. The highest BCUT2D eigenvalue weighted by atomic mass is 35.5. The summed E-state index contributed by atoms with van der Waals surface area (Å²) in [5.41, 5.74) is 1.47. The minimum absolute atomic E-state index is 0.0167. The average Bonchev–Trinajstić information content (AvgIpc) is 2.89. The summed E-state index contributed by atoms with van der Waals surface area (Å²) in [6.45, 7) is 0. The molecule has 8 nitrogen and oxygen atoms in total. The number of fused-ring (bicyclic) bond motifs is 2. The summed E-state index contributed by atoms with van der Waals surface area (Å²) in [6.07, 6.45) is 4.49. The van der Waals surface area contributed by atoms with Crippen LogP contribution >= 0.6 is 11.6 Å². The number of nitrogens with one attached hydrogen (secondary N) is 1. The zero-order valence-corrected chi connectivity index (χ0v) is 20.8. The van der Waals surface area contributed by atoms with Gasteiger partial charge in [-0.05, 0) is 72.3 Å². The lowest BCUT2D eigenvalue weighted by Gasteiger charge is -2.19. The van der Waals surface area contributed by atoms with Crippen molar-refractivity contribution in [3.8, 4) is 11.5 Å². The van der Waals surface area contributed by atoms with Gasteiger partial charge in [0.1, 0.15) is 17.2 Å². The number of phenols is 2. The summed E-state index contributed by atoms with van der Waals surface area (Å²) >= 11 is 5.88. The monoisotopic (exact) mass is 533 g/mol. The number of aromatic hydroxyl groups is 2. The second kappa shape index (κ2) is 9.68. The molecule has 0 spiro atoms. The Morgan fingerprint density at radius 1 is 0.919 bits per heavy atom. The number of rotatable bonds is 5. The topological polar surface area (TPSA) is 128 Å². The fraction of sp³-hybridized carbons (Fsp3) is 0.0741. The number of carbonyl (C=O) groups is 1. The molecule has 1 amide bonds. The van der Waals surface area contributed by atoms with Crippen LogP contribution in [0.15, 0.2) is 94.0 Å². The Hall–Kier alpha value is -4.21. The number of halogens is 1. The number of allylic oxidation sites excluding steroid dienone is 2. The predicted octanol–water partition coefficient (Wildman–Crippen LogP) is 6.28. The molecule has 0 fully saturated rings. The molecule has 0 aromatic heterocycles. The fourth-order valence-electron chi connectivity index (χ4n) is 4.14. The number of nitrogens with zero attached hydrogens (tertiary/aromatic N) is 2. The van der Waals surface area contributed by atoms with Gasteiger partial charge in [0.25, 0.3) is 15.9 Å². The quantitative estimate of drug-likeness (QED) is 0.158. The molecule has 0 unspecified atom stereocenters. The normalized spacial score (nSPS) is 13.1. The van der Waals surface area contributed by atoms with Crippen LogP contribution in [0.2, 0.25) is 5.02 Å². The Morgan fingerprint density at radius 3 is 2.41 bits per heavy atom. The van der Waals surface area contributed by atoms with E-state index in [4.69, 9.17) is 11.6 Å². The van der Waals surface area contributed by atoms with Crippen LogP contribution in [0.25, 0.3) is 10.8 Å². The lowest BCUT2D eigenvalue weighted by Crippen LogP contribution is -2.15. The largest absolute Gasteiger partial charge is 0.507 e. The molecule has 1 aliphatic rings. The molecule has 0 atom stereocenters. The highest BCUT2D eigenvalue weighted by Crippen LogP contribution is 2.41. The van der Waals surface area contributed by atoms with E-state index < -0.39 is 15.9 Å². The molecule has 0 aliphatic heterocycles. The van der Waals surface area contributed by atoms with Crippen LogP contribution in [0.4, 0.5) is 11.4 Å². The van der Waals surface area contributed by atoms with Crippen LogP contribution in [0.5, 0.6) is 11.5 Å². The van der Waals surface area contributed by atoms with Crippen molar-refractivity contribution < 1.29 is 23.4 Å². The number of amides is 1. The lowest BCUT2D eigenvalue weighted by molar-refractivity contribution is 0.0995. The number of benzene rings is 4. The first-order chi connectivity index (χ1) is 17.7. The SMILES string of the molecule is O=C(N=Nc1cc(NS(=O)(=O)c2ccc(Cl)cc2)c2c(c1O)CC=CC2)c1ccc2cccc(O)c2c1. The summed E-state index contributed by atoms with van der Waals surface area (Å²) in [7, 11) is -3.97. The zero-order chi connectivity index (χ0) is 26.2. The van der Waals surface area contributed by atoms with E-state index >= 15 is 0 Å². The van der Waals surface area contributed by atoms with Gasteiger partial charge in [-0.3, -0.25) is 9.52 Å². The Morgan fingerprint density at radius 2 is 1.65 bits per heavy atom. The summed E-state index contributed by atoms with van der Waals surface area (Å²) in [5, 5.41) is 30.3. The molecule has 5 rings (SSSR count). The van der Waals surface area contributed by atoms with Crippen molar-refractivity contribution in [2.75, 3.05) is 4.72 Å². The van der Waals surface area contributed by atoms with Gasteiger partial charge < -0.3 is 10.2 Å². The molecule has 186 valence electrons. The number of sulfonamides is 1. The third-order valence-corrected chi connectivity index (χ3v) is 7.67. The molecule has 4 aromatic carbocycles. The molecular weight excluding hydrogens is 514 g/mol. The molecule has 3 N–H and O–H groups in total. The number of carbonyl (C=O) groups excluding carboxylic acids is 1. The van der Waals surface area contributed by atoms with Crippen molar-refractivity contribution in [3.05, 3.63) is 101 Å². The van der Waals surface area contributed by atoms with Crippen molar-refractivity contribution in [1.29, 1.82) is 0 Å². The van der Waals surface area contributed by atoms with Crippen LogP contribution in [-0.4, -0.2) is 24.5 Å². The summed E-state index contributed by atoms with van der Waals surface area (Å²) in [4.78, 5) is 12.8. The maximum atomic E-state index is 13.0. The number of phenolic OH excluding ortho intramolecular Hbond substituents is 2. The van der Waals surface area contributed by atoms with Crippen molar-refractivity contribution in [2.24, 2.45) is 10.2 Å². The van der Waals surface area contributed by atoms with E-state index in [0.29, 0.717) is 34.4 Å². The average molecular weight is 534 g/mol. The molecule has 1 aliphatic carbocycles. The number of hydrogen-bond acceptors (Lipinski definition) is 6. The van der Waals surface area contributed by atoms with Gasteiger partial charge in [-0.25, -0.2) is 8.42 Å². The first kappa shape index (κ1) is 24.5. The standard InChI is InChI=1S/C27H20ClN3O5S/c28-18-10-12-19(13-11-18)37(35,36)31-23-15-24(26(33)21-6-2-1-5-20(21)23)29-30-27(34)17-9-8-16-4-3-7-25(32)22(16)14-17/h1-4,7-15,31-33H,5-6H2. The summed E-state index contributed by atoms with van der Waals surface area (Å²) in [5.74, 6) is -0.839. The molecule has 0 bridgehead atoms. The predicted molar refractivity (Wildman–Crippen MR) is 141 cm³/mol. The van der Waals surface area contributed by atoms with Crippen molar-refractivity contribution in [2.45, 2.75) is 17.7 Å². The minimum Gasteiger partial charge on any atom is -0.507 e. The van der Waals surface area contributed by atoms with Crippen LogP contribution in [-0.2, 0) is 22.9 Å². The van der Waals surface area contributed by atoms with Gasteiger partial charge in [0.05, 0.1) is 10.6 Å². The highest BCUT2D eigenvalue weighted by Gasteiger charge is 2.23. The smallest absolute Gasteiger partial charge is 0.295 e. The summed E-state index contributed by atoms with van der Waals surface area (Å²) in [6, 6.07) is 16.9. The number of anilines is 1. The van der Waals surface area contributed by atoms with Crippen LogP contribution in [0.3, 0.4) is 0 Å². The molecule has 10 heteroatoms. The van der Waals surface area contributed by atoms with Gasteiger partial charge >= 0.3 is 0 Å². The fourth-order valence-corrected chi connectivity index (χ4v) is 5.35. The van der Waals surface area contributed by atoms with Crippen molar-refractivity contribution in [3.63, 3.8) is 0 Å². The Labute approximate surface area is 217 Å². The van der Waals surface area contributed by atoms with E-state index in [1.165, 1.54) is 42.5 Å². The Kier molecular flexibility index (Phi) is 6.41. The highest BCUT2D eigenvalue weighted by molar-refractivity contribution is 7.92. The van der Waals surface area contributed by atoms with E-state index in [9.17, 15) is 23.4 Å². The number of hydrogen-bond donors (Lipinski definition) is 3. The lowest BCUT2D eigenvalue weighted by atomic mass is 9.93. The van der Waals surface area contributed by atoms with Gasteiger partial charge in [-0.2, -0.15) is 0 Å². The third-order valence-electron chi connectivity index (χ3n) is 6.03. The second-order valence-electron chi connectivity index (χ2n) is 8.41. The molecule has 0 radical (unpaired) electrons. The summed E-state index contributed by atoms with van der Waals surface area (Å²) < 4.78 is 28.6. The Bertz CT molecular complexity index is 1710. The zero-order valence-electron chi connectivity index (χ0n) is 19.2. The van der Waals surface area contributed by atoms with Gasteiger partial charge in [0, 0.05) is 21.5 Å². The number of azo groups is 1. The minimum atomic E-state index is -3.97. The third kappa shape index (κ3) is 4.91. The van der Waals surface area contributed by atoms with E-state index in [-0.39, 0.29) is 33.3 Å². The van der Waals surface area contributed by atoms with Gasteiger partial charge in [0.15, 0.2) is 0 Å². The van der Waals surface area contributed by atoms with E-state index in [2.05, 4.69) is 15.0 Å². The second-order valence-corrected chi connectivity index (χ2v) is 10.5. The maximum Gasteiger partial charge on any atom is 0.295 e. The van der Waals surface area contributed by atoms with E-state index in [0.717, 1.165) is 5.39 Å². The van der Waals surface area contributed by atoms with Crippen LogP contribution in [0.1, 0.15) is 21.5 Å². The van der Waals surface area contributed by atoms with E-state index in [1.54, 1.807) is 24.3 Å². The van der Waals surface area contributed by atoms with Gasteiger partial charge in [-0.1, -0.05) is 42.0 Å². The van der Waals surface area contributed by atoms with Crippen molar-refractivity contribution in [1.82, 2.24) is 0 Å².